The number of esters is 2. The zero-order valence-electron chi connectivity index (χ0n) is 33.3. The molecule has 0 rings (SSSR count). The van der Waals surface area contributed by atoms with Crippen LogP contribution in [0.5, 0.6) is 0 Å². The zero-order chi connectivity index (χ0) is 39.1. The summed E-state index contributed by atoms with van der Waals surface area (Å²) in [6.07, 6.45) is 44.0. The number of unbranched alkanes of at least 4 members (excludes halogenated alkanes) is 17. The molecule has 0 amide bonds. The van der Waals surface area contributed by atoms with Crippen LogP contribution in [0.15, 0.2) is 60.8 Å². The van der Waals surface area contributed by atoms with E-state index in [1.54, 1.807) is 12.2 Å². The van der Waals surface area contributed by atoms with Crippen LogP contribution in [-0.2, 0) is 28.2 Å². The number of hydrogen-bond acceptors (Lipinski definition) is 7. The minimum atomic E-state index is -4.79. The van der Waals surface area contributed by atoms with Gasteiger partial charge in [-0.15, -0.1) is 0 Å². The lowest BCUT2D eigenvalue weighted by atomic mass is 10.1. The van der Waals surface area contributed by atoms with Crippen LogP contribution in [0.3, 0.4) is 0 Å². The van der Waals surface area contributed by atoms with E-state index in [1.165, 1.54) is 83.5 Å². The number of aliphatic hydroxyl groups is 1. The number of allylic oxidation sites excluding steroid dienone is 8. The minimum Gasteiger partial charge on any atom is -0.462 e. The van der Waals surface area contributed by atoms with Crippen molar-refractivity contribution in [1.29, 1.82) is 0 Å². The third-order valence-corrected chi connectivity index (χ3v) is 9.07. The van der Waals surface area contributed by atoms with Gasteiger partial charge in [0.25, 0.3) is 0 Å². The van der Waals surface area contributed by atoms with Crippen LogP contribution < -0.4 is 0 Å². The van der Waals surface area contributed by atoms with Gasteiger partial charge in [0.15, 0.2) is 6.10 Å². The third-order valence-electron chi connectivity index (χ3n) is 8.59. The van der Waals surface area contributed by atoms with E-state index in [0.717, 1.165) is 38.5 Å². The standard InChI is InChI=1S/C43H75O9P/c1-3-5-7-9-11-13-14-15-16-17-18-19-20-22-24-28-33-37-43(46)52-41(39-51-53(47,48)49)38-50-42(45)36-32-29-25-27-31-35-40(44)34-30-26-23-21-12-10-8-6-4-2/h12,15-16,21,25-27,30-31,35,40-41,44H,3-11,13-14,17-20,22-24,28-29,32-34,36-39H2,1-2H3,(H2,47,48,49)/b16-15-,21-12-,27-25+,30-26-,35-31-/t40?,41-/m1/s1. The number of rotatable bonds is 37. The van der Waals surface area contributed by atoms with E-state index in [1.807, 2.05) is 18.2 Å². The topological polar surface area (TPSA) is 140 Å². The lowest BCUT2D eigenvalue weighted by Crippen LogP contribution is -2.29. The normalized spacial score (nSPS) is 13.7. The van der Waals surface area contributed by atoms with E-state index in [2.05, 4.69) is 48.8 Å². The molecule has 0 radical (unpaired) electrons. The van der Waals surface area contributed by atoms with Gasteiger partial charge in [0.1, 0.15) is 6.61 Å². The number of phosphoric acid groups is 1. The molecule has 3 N–H and O–H groups in total. The molecule has 306 valence electrons. The molecule has 0 aliphatic rings. The van der Waals surface area contributed by atoms with Crippen LogP contribution in [0.25, 0.3) is 0 Å². The summed E-state index contributed by atoms with van der Waals surface area (Å²) in [5, 5.41) is 10.1. The highest BCUT2D eigenvalue weighted by atomic mass is 31.2. The molecule has 0 aliphatic carbocycles. The molecule has 0 fully saturated rings. The monoisotopic (exact) mass is 767 g/mol. The second kappa shape index (κ2) is 38.0. The maximum Gasteiger partial charge on any atom is 0.469 e. The molecule has 0 saturated heterocycles. The number of ether oxygens (including phenoxy) is 2. The van der Waals surface area contributed by atoms with Gasteiger partial charge in [-0.05, 0) is 70.6 Å². The molecule has 10 heteroatoms. The maximum absolute atomic E-state index is 12.4. The third kappa shape index (κ3) is 40.7. The molecule has 0 heterocycles. The van der Waals surface area contributed by atoms with Gasteiger partial charge in [-0.25, -0.2) is 4.57 Å². The van der Waals surface area contributed by atoms with Crippen molar-refractivity contribution >= 4 is 19.8 Å². The van der Waals surface area contributed by atoms with Crippen molar-refractivity contribution in [2.24, 2.45) is 0 Å². The van der Waals surface area contributed by atoms with Crippen LogP contribution >= 0.6 is 7.82 Å². The van der Waals surface area contributed by atoms with Gasteiger partial charge >= 0.3 is 19.8 Å². The van der Waals surface area contributed by atoms with Crippen molar-refractivity contribution in [2.75, 3.05) is 13.2 Å². The van der Waals surface area contributed by atoms with E-state index in [9.17, 15) is 19.3 Å². The van der Waals surface area contributed by atoms with Gasteiger partial charge in [-0.3, -0.25) is 14.1 Å². The molecule has 0 aliphatic heterocycles. The predicted molar refractivity (Wildman–Crippen MR) is 217 cm³/mol. The van der Waals surface area contributed by atoms with E-state index < -0.39 is 38.6 Å². The molecule has 0 spiro atoms. The van der Waals surface area contributed by atoms with Crippen molar-refractivity contribution in [2.45, 2.75) is 187 Å². The van der Waals surface area contributed by atoms with Crippen molar-refractivity contribution in [3.63, 3.8) is 0 Å². The van der Waals surface area contributed by atoms with Crippen molar-refractivity contribution in [3.05, 3.63) is 60.8 Å². The Labute approximate surface area is 322 Å². The predicted octanol–water partition coefficient (Wildman–Crippen LogP) is 11.5. The SMILES string of the molecule is CCCCC/C=C\C/C=C\CC(O)/C=C\C=C\CCCC(=O)OC[C@H](COP(=O)(O)O)OC(=O)CCCCCCCCC/C=C\CCCCCCCC. The Bertz CT molecular complexity index is 1060. The average molecular weight is 767 g/mol. The summed E-state index contributed by atoms with van der Waals surface area (Å²) in [5.74, 6) is -1.02. The lowest BCUT2D eigenvalue weighted by Gasteiger charge is -2.18. The van der Waals surface area contributed by atoms with Gasteiger partial charge in [0.05, 0.1) is 12.7 Å². The molecule has 0 aromatic heterocycles. The highest BCUT2D eigenvalue weighted by Crippen LogP contribution is 2.36. The molecule has 9 nitrogen and oxygen atoms in total. The van der Waals surface area contributed by atoms with E-state index in [4.69, 9.17) is 19.3 Å². The second-order valence-corrected chi connectivity index (χ2v) is 15.0. The van der Waals surface area contributed by atoms with Crippen molar-refractivity contribution in [3.8, 4) is 0 Å². The van der Waals surface area contributed by atoms with Gasteiger partial charge in [0.2, 0.25) is 0 Å². The van der Waals surface area contributed by atoms with Gasteiger partial charge in [0, 0.05) is 12.8 Å². The first kappa shape index (κ1) is 50.7. The summed E-state index contributed by atoms with van der Waals surface area (Å²) >= 11 is 0. The maximum atomic E-state index is 12.4. The Morgan fingerprint density at radius 2 is 1.09 bits per heavy atom. The molecular formula is C43H75O9P. The number of aliphatic hydroxyl groups excluding tert-OH is 1. The van der Waals surface area contributed by atoms with Crippen LogP contribution in [0.4, 0.5) is 0 Å². The summed E-state index contributed by atoms with van der Waals surface area (Å²) in [5.41, 5.74) is 0. The molecular weight excluding hydrogens is 691 g/mol. The summed E-state index contributed by atoms with van der Waals surface area (Å²) in [6, 6.07) is 0. The smallest absolute Gasteiger partial charge is 0.462 e. The minimum absolute atomic E-state index is 0.129. The fourth-order valence-corrected chi connectivity index (χ4v) is 5.80. The van der Waals surface area contributed by atoms with Gasteiger partial charge in [-0.2, -0.15) is 0 Å². The highest BCUT2D eigenvalue weighted by Gasteiger charge is 2.22. The number of carbonyl (C=O) groups excluding carboxylic acids is 2. The first-order valence-corrected chi connectivity index (χ1v) is 22.2. The summed E-state index contributed by atoms with van der Waals surface area (Å²) in [6.45, 7) is 3.52. The summed E-state index contributed by atoms with van der Waals surface area (Å²) in [7, 11) is -4.79. The first-order valence-electron chi connectivity index (χ1n) is 20.7. The Kier molecular flexibility index (Phi) is 36.4. The largest absolute Gasteiger partial charge is 0.469 e. The molecule has 1 unspecified atom stereocenters. The van der Waals surface area contributed by atoms with E-state index >= 15 is 0 Å². The number of hydrogen-bond donors (Lipinski definition) is 3. The van der Waals surface area contributed by atoms with Crippen molar-refractivity contribution < 1.29 is 43.0 Å². The molecule has 2 atom stereocenters. The van der Waals surface area contributed by atoms with E-state index in [0.29, 0.717) is 25.7 Å². The van der Waals surface area contributed by atoms with Crippen molar-refractivity contribution in [1.82, 2.24) is 0 Å². The van der Waals surface area contributed by atoms with E-state index in [-0.39, 0.29) is 19.4 Å². The molecule has 53 heavy (non-hydrogen) atoms. The summed E-state index contributed by atoms with van der Waals surface area (Å²) in [4.78, 5) is 42.8. The number of phosphoric ester groups is 1. The van der Waals surface area contributed by atoms with Gasteiger partial charge < -0.3 is 24.4 Å². The molecule has 0 aromatic carbocycles. The molecule has 0 saturated carbocycles. The lowest BCUT2D eigenvalue weighted by molar-refractivity contribution is -0.161. The fourth-order valence-electron chi connectivity index (χ4n) is 5.44. The Morgan fingerprint density at radius 3 is 1.74 bits per heavy atom. The second-order valence-electron chi connectivity index (χ2n) is 13.8. The number of carbonyl (C=O) groups is 2. The Morgan fingerprint density at radius 1 is 0.585 bits per heavy atom. The molecule has 0 bridgehead atoms. The Hall–Kier alpha value is -2.29. The zero-order valence-corrected chi connectivity index (χ0v) is 34.2. The van der Waals surface area contributed by atoms with Crippen LogP contribution in [0.1, 0.15) is 174 Å². The average Bonchev–Trinajstić information content (AvgIpc) is 3.12. The van der Waals surface area contributed by atoms with Gasteiger partial charge in [-0.1, -0.05) is 152 Å². The van der Waals surface area contributed by atoms with Crippen LogP contribution in [-0.4, -0.2) is 52.3 Å². The Balaban J connectivity index is 4.12. The summed E-state index contributed by atoms with van der Waals surface area (Å²) < 4.78 is 26.3. The molecule has 0 aromatic rings. The first-order chi connectivity index (χ1) is 25.7. The van der Waals surface area contributed by atoms with Crippen LogP contribution in [0.2, 0.25) is 0 Å². The fraction of sp³-hybridized carbons (Fsp3) is 0.721. The quantitative estimate of drug-likeness (QED) is 0.0185. The van der Waals surface area contributed by atoms with Crippen LogP contribution in [0, 0.1) is 0 Å². The highest BCUT2D eigenvalue weighted by molar-refractivity contribution is 7.46.